The lowest BCUT2D eigenvalue weighted by Crippen LogP contribution is -2.32. The molecule has 118 valence electrons. The molecule has 3 heteroatoms. The minimum Gasteiger partial charge on any atom is -0.232 e. The lowest BCUT2D eigenvalue weighted by molar-refractivity contribution is -0.662. The molecule has 0 atom stereocenters. The minimum absolute atomic E-state index is 0.157. The number of para-hydroxylation sites is 1. The number of nitrogens with zero attached hydrogens (tertiary/aromatic N) is 2. The van der Waals surface area contributed by atoms with E-state index < -0.39 is 0 Å². The summed E-state index contributed by atoms with van der Waals surface area (Å²) >= 11 is 0. The summed E-state index contributed by atoms with van der Waals surface area (Å²) in [6.07, 6.45) is 1.85. The Bertz CT molecular complexity index is 898. The Morgan fingerprint density at radius 2 is 1.83 bits per heavy atom. The van der Waals surface area contributed by atoms with Crippen LogP contribution in [0.3, 0.4) is 0 Å². The molecule has 3 aromatic rings. The maximum absolute atomic E-state index is 13.8. The van der Waals surface area contributed by atoms with Crippen molar-refractivity contribution in [3.05, 3.63) is 59.2 Å². The van der Waals surface area contributed by atoms with E-state index in [2.05, 4.69) is 37.0 Å². The Morgan fingerprint density at radius 1 is 1.09 bits per heavy atom. The summed E-state index contributed by atoms with van der Waals surface area (Å²) in [5.41, 5.74) is 6.00. The van der Waals surface area contributed by atoms with E-state index in [4.69, 9.17) is 0 Å². The molecule has 0 spiro atoms. The molecular weight excluding hydrogens is 287 g/mol. The van der Waals surface area contributed by atoms with Gasteiger partial charge in [-0.05, 0) is 54.1 Å². The number of aromatic nitrogens is 2. The first-order valence-corrected chi connectivity index (χ1v) is 7.94. The molecule has 0 N–H and O–H groups in total. The molecule has 0 bridgehead atoms. The third kappa shape index (κ3) is 2.61. The predicted octanol–water partition coefficient (Wildman–Crippen LogP) is 4.61. The molecule has 0 saturated heterocycles. The first kappa shape index (κ1) is 15.6. The third-order valence-corrected chi connectivity index (χ3v) is 4.42. The molecule has 0 fully saturated rings. The van der Waals surface area contributed by atoms with Gasteiger partial charge in [0.25, 0.3) is 6.33 Å². The zero-order valence-corrected chi connectivity index (χ0v) is 14.3. The smallest absolute Gasteiger partial charge is 0.232 e. The molecule has 0 aliphatic heterocycles. The highest BCUT2D eigenvalue weighted by Gasteiger charge is 2.20. The van der Waals surface area contributed by atoms with Crippen LogP contribution in [0.2, 0.25) is 0 Å². The Balaban J connectivity index is 2.40. The van der Waals surface area contributed by atoms with Crippen LogP contribution in [0, 0.1) is 19.7 Å². The van der Waals surface area contributed by atoms with Crippen LogP contribution in [0.5, 0.6) is 0 Å². The summed E-state index contributed by atoms with van der Waals surface area (Å²) in [6, 6.07) is 9.85. The van der Waals surface area contributed by atoms with Crippen LogP contribution < -0.4 is 4.57 Å². The van der Waals surface area contributed by atoms with Gasteiger partial charge < -0.3 is 0 Å². The van der Waals surface area contributed by atoms with Crippen LogP contribution in [0.1, 0.15) is 36.5 Å². The molecule has 0 aliphatic rings. The van der Waals surface area contributed by atoms with E-state index in [1.54, 1.807) is 13.0 Å². The molecule has 0 amide bonds. The first-order valence-electron chi connectivity index (χ1n) is 7.94. The molecule has 1 heterocycles. The van der Waals surface area contributed by atoms with Crippen LogP contribution in [-0.2, 0) is 7.05 Å². The summed E-state index contributed by atoms with van der Waals surface area (Å²) < 4.78 is 15.9. The van der Waals surface area contributed by atoms with Gasteiger partial charge in [-0.15, -0.1) is 0 Å². The van der Waals surface area contributed by atoms with Gasteiger partial charge in [0.05, 0.1) is 12.4 Å². The van der Waals surface area contributed by atoms with Gasteiger partial charge in [-0.2, -0.15) is 0 Å². The number of aryl methyl sites for hydroxylation is 3. The fourth-order valence-corrected chi connectivity index (χ4v) is 3.13. The van der Waals surface area contributed by atoms with Crippen LogP contribution in [0.25, 0.3) is 22.2 Å². The SMILES string of the molecule is Cc1cc(-c2c3cccc(C(C)C)c3nc[n+]2C)c(C)cc1F. The summed E-state index contributed by atoms with van der Waals surface area (Å²) in [5, 5.41) is 1.11. The van der Waals surface area contributed by atoms with Gasteiger partial charge in [0.15, 0.2) is 5.52 Å². The van der Waals surface area contributed by atoms with Crippen molar-refractivity contribution in [2.45, 2.75) is 33.6 Å². The van der Waals surface area contributed by atoms with Crippen molar-refractivity contribution in [2.24, 2.45) is 7.05 Å². The summed E-state index contributed by atoms with van der Waals surface area (Å²) in [4.78, 5) is 4.65. The number of rotatable bonds is 2. The van der Waals surface area contributed by atoms with E-state index in [0.717, 1.165) is 27.7 Å². The van der Waals surface area contributed by atoms with Gasteiger partial charge in [-0.3, -0.25) is 0 Å². The molecule has 0 radical (unpaired) electrons. The molecule has 1 aromatic heterocycles. The van der Waals surface area contributed by atoms with E-state index in [1.807, 2.05) is 30.9 Å². The highest BCUT2D eigenvalue weighted by molar-refractivity contribution is 5.93. The van der Waals surface area contributed by atoms with Crippen LogP contribution in [0.4, 0.5) is 4.39 Å². The molecule has 2 nitrogen and oxygen atoms in total. The molecule has 3 rings (SSSR count). The number of fused-ring (bicyclic) bond motifs is 1. The van der Waals surface area contributed by atoms with Crippen molar-refractivity contribution in [1.29, 1.82) is 0 Å². The third-order valence-electron chi connectivity index (χ3n) is 4.42. The monoisotopic (exact) mass is 309 g/mol. The number of hydrogen-bond donors (Lipinski definition) is 0. The Hall–Kier alpha value is -2.29. The molecule has 0 saturated carbocycles. The van der Waals surface area contributed by atoms with Crippen molar-refractivity contribution in [3.8, 4) is 11.3 Å². The van der Waals surface area contributed by atoms with E-state index in [-0.39, 0.29) is 5.82 Å². The average Bonchev–Trinajstić information content (AvgIpc) is 2.50. The Morgan fingerprint density at radius 3 is 2.52 bits per heavy atom. The fraction of sp³-hybridized carbons (Fsp3) is 0.300. The van der Waals surface area contributed by atoms with Gasteiger partial charge in [0.2, 0.25) is 0 Å². The normalized spacial score (nSPS) is 11.4. The average molecular weight is 309 g/mol. The largest absolute Gasteiger partial charge is 0.287 e. The molecule has 2 aromatic carbocycles. The number of benzene rings is 2. The minimum atomic E-state index is -0.157. The Kier molecular flexibility index (Phi) is 3.88. The second-order valence-corrected chi connectivity index (χ2v) is 6.52. The van der Waals surface area contributed by atoms with Crippen LogP contribution in [0.15, 0.2) is 36.7 Å². The van der Waals surface area contributed by atoms with Crippen molar-refractivity contribution in [2.75, 3.05) is 0 Å². The number of hydrogen-bond acceptors (Lipinski definition) is 1. The van der Waals surface area contributed by atoms with Crippen molar-refractivity contribution < 1.29 is 8.96 Å². The Labute approximate surface area is 136 Å². The summed E-state index contributed by atoms with van der Waals surface area (Å²) in [6.45, 7) is 8.12. The zero-order chi connectivity index (χ0) is 16.7. The highest BCUT2D eigenvalue weighted by atomic mass is 19.1. The van der Waals surface area contributed by atoms with E-state index in [0.29, 0.717) is 11.5 Å². The van der Waals surface area contributed by atoms with E-state index >= 15 is 0 Å². The first-order chi connectivity index (χ1) is 10.9. The quantitative estimate of drug-likeness (QED) is 0.632. The zero-order valence-electron chi connectivity index (χ0n) is 14.3. The molecule has 23 heavy (non-hydrogen) atoms. The van der Waals surface area contributed by atoms with Gasteiger partial charge in [0.1, 0.15) is 11.5 Å². The van der Waals surface area contributed by atoms with Crippen molar-refractivity contribution in [3.63, 3.8) is 0 Å². The predicted molar refractivity (Wildman–Crippen MR) is 91.9 cm³/mol. The lowest BCUT2D eigenvalue weighted by atomic mass is 9.95. The van der Waals surface area contributed by atoms with E-state index in [9.17, 15) is 4.39 Å². The van der Waals surface area contributed by atoms with Crippen molar-refractivity contribution in [1.82, 2.24) is 4.98 Å². The molecular formula is C20H22FN2+. The van der Waals surface area contributed by atoms with Crippen LogP contribution in [-0.4, -0.2) is 4.98 Å². The fourth-order valence-electron chi connectivity index (χ4n) is 3.13. The van der Waals surface area contributed by atoms with Gasteiger partial charge in [-0.1, -0.05) is 26.0 Å². The standard InChI is InChI=1S/C20H22FN2/c1-12(2)15-7-6-8-16-19(15)22-11-23(5)20(16)17-9-14(4)18(21)10-13(17)3/h6-12H,1-5H3/q+1. The highest BCUT2D eigenvalue weighted by Crippen LogP contribution is 2.31. The van der Waals surface area contributed by atoms with Gasteiger partial charge in [0, 0.05) is 11.1 Å². The summed E-state index contributed by atoms with van der Waals surface area (Å²) in [5.74, 6) is 0.248. The molecule has 0 unspecified atom stereocenters. The lowest BCUT2D eigenvalue weighted by Gasteiger charge is -2.12. The van der Waals surface area contributed by atoms with E-state index in [1.165, 1.54) is 5.56 Å². The molecule has 0 aliphatic carbocycles. The van der Waals surface area contributed by atoms with Crippen LogP contribution >= 0.6 is 0 Å². The van der Waals surface area contributed by atoms with Crippen molar-refractivity contribution >= 4 is 10.9 Å². The topological polar surface area (TPSA) is 16.8 Å². The van der Waals surface area contributed by atoms with Gasteiger partial charge >= 0.3 is 0 Å². The van der Waals surface area contributed by atoms with Gasteiger partial charge in [-0.25, -0.2) is 8.96 Å². The maximum Gasteiger partial charge on any atom is 0.287 e. The maximum atomic E-state index is 13.8. The summed E-state index contributed by atoms with van der Waals surface area (Å²) in [7, 11) is 1.99. The second-order valence-electron chi connectivity index (χ2n) is 6.52. The second kappa shape index (κ2) is 5.73. The number of halogens is 1.